The van der Waals surface area contributed by atoms with Gasteiger partial charge in [-0.3, -0.25) is 14.1 Å². The van der Waals surface area contributed by atoms with E-state index < -0.39 is 45.2 Å². The van der Waals surface area contributed by atoms with Gasteiger partial charge in [-0.05, 0) is 42.2 Å². The molecule has 2 aliphatic rings. The van der Waals surface area contributed by atoms with Crippen molar-refractivity contribution in [1.29, 1.82) is 5.26 Å². The van der Waals surface area contributed by atoms with Gasteiger partial charge in [0.25, 0.3) is 5.56 Å². The second-order valence-corrected chi connectivity index (χ2v) is 14.7. The fraction of sp³-hybridized carbons (Fsp3) is 0.375. The number of fused-ring (bicyclic) bond motifs is 1. The molecule has 0 spiro atoms. The Morgan fingerprint density at radius 3 is 2.48 bits per heavy atom. The van der Waals surface area contributed by atoms with E-state index in [1.54, 1.807) is 6.07 Å². The molecule has 2 aromatic heterocycles. The minimum atomic E-state index is -4.24. The molecule has 0 saturated carbocycles. The molecule has 0 bridgehead atoms. The lowest BCUT2D eigenvalue weighted by Crippen LogP contribution is -2.59. The molecule has 50 heavy (non-hydrogen) atoms. The second kappa shape index (κ2) is 13.1. The van der Waals surface area contributed by atoms with Crippen LogP contribution >= 0.6 is 0 Å². The van der Waals surface area contributed by atoms with Gasteiger partial charge in [0, 0.05) is 32.7 Å². The molecule has 2 aromatic carbocycles. The van der Waals surface area contributed by atoms with Crippen molar-refractivity contribution in [3.63, 3.8) is 0 Å². The van der Waals surface area contributed by atoms with Gasteiger partial charge in [-0.2, -0.15) is 18.0 Å². The smallest absolute Gasteiger partial charge is 0.407 e. The summed E-state index contributed by atoms with van der Waals surface area (Å²) < 4.78 is 64.4. The third kappa shape index (κ3) is 6.73. The second-order valence-electron chi connectivity index (χ2n) is 13.0. The summed E-state index contributed by atoms with van der Waals surface area (Å²) in [7, 11) is -4.24. The Morgan fingerprint density at radius 2 is 1.84 bits per heavy atom. The number of carbonyl (C=O) groups is 1. The van der Waals surface area contributed by atoms with Crippen LogP contribution < -0.4 is 19.9 Å². The summed E-state index contributed by atoms with van der Waals surface area (Å²) in [6, 6.07) is 7.64. The molecular weight excluding hydrogens is 676 g/mol. The molecule has 2 fully saturated rings. The summed E-state index contributed by atoms with van der Waals surface area (Å²) >= 11 is 0. The Labute approximate surface area is 285 Å². The predicted molar refractivity (Wildman–Crippen MR) is 178 cm³/mol. The first-order valence-corrected chi connectivity index (χ1v) is 17.0. The number of anilines is 2. The maximum Gasteiger partial charge on any atom is 0.407 e. The van der Waals surface area contributed by atoms with E-state index in [2.05, 4.69) is 19.7 Å². The van der Waals surface area contributed by atoms with E-state index in [1.807, 2.05) is 25.7 Å². The van der Waals surface area contributed by atoms with Crippen molar-refractivity contribution in [3.8, 4) is 23.3 Å². The minimum absolute atomic E-state index is 0.0342. The third-order valence-corrected chi connectivity index (χ3v) is 10.1. The highest BCUT2D eigenvalue weighted by Gasteiger charge is 2.39. The number of hydrogen-bond donors (Lipinski definition) is 2. The largest absolute Gasteiger partial charge is 0.465 e. The number of benzene rings is 2. The van der Waals surface area contributed by atoms with Crippen LogP contribution in [0.4, 0.5) is 25.2 Å². The van der Waals surface area contributed by atoms with Crippen LogP contribution in [0.5, 0.6) is 11.5 Å². The number of nitrogens with one attached hydrogen (secondary N) is 1. The molecule has 0 aliphatic carbocycles. The molecule has 18 heteroatoms. The van der Waals surface area contributed by atoms with Gasteiger partial charge in [-0.25, -0.2) is 28.5 Å². The molecule has 15 nitrogen and oxygen atoms in total. The molecule has 6 rings (SSSR count). The number of aromatic nitrogens is 4. The number of ether oxygens (including phenoxy) is 1. The summed E-state index contributed by atoms with van der Waals surface area (Å²) in [5.74, 6) is -1.21. The van der Waals surface area contributed by atoms with Crippen LogP contribution in [-0.2, 0) is 10.2 Å². The summed E-state index contributed by atoms with van der Waals surface area (Å²) in [5, 5.41) is 19.6. The monoisotopic (exact) mass is 709 g/mol. The summed E-state index contributed by atoms with van der Waals surface area (Å²) in [5.41, 5.74) is -0.994. The van der Waals surface area contributed by atoms with E-state index in [0.717, 1.165) is 16.4 Å². The van der Waals surface area contributed by atoms with Crippen molar-refractivity contribution in [2.45, 2.75) is 39.4 Å². The van der Waals surface area contributed by atoms with Crippen LogP contribution in [0.1, 0.15) is 32.8 Å². The van der Waals surface area contributed by atoms with E-state index in [0.29, 0.717) is 30.2 Å². The van der Waals surface area contributed by atoms with Crippen molar-refractivity contribution in [3.05, 3.63) is 70.8 Å². The number of hydrogen-bond acceptors (Lipinski definition) is 10. The third-order valence-electron chi connectivity index (χ3n) is 8.65. The average Bonchev–Trinajstić information content (AvgIpc) is 3.53. The number of amides is 1. The quantitative estimate of drug-likeness (QED) is 0.284. The van der Waals surface area contributed by atoms with Gasteiger partial charge < -0.3 is 19.6 Å². The Bertz CT molecular complexity index is 2170. The Hall–Kier alpha value is -5.41. The van der Waals surface area contributed by atoms with Gasteiger partial charge in [0.1, 0.15) is 29.9 Å². The van der Waals surface area contributed by atoms with Gasteiger partial charge in [-0.15, -0.1) is 0 Å². The fourth-order valence-corrected chi connectivity index (χ4v) is 7.25. The first-order chi connectivity index (χ1) is 23.7. The molecule has 2 N–H and O–H groups in total. The molecule has 4 aromatic rings. The van der Waals surface area contributed by atoms with Gasteiger partial charge in [0.2, 0.25) is 5.95 Å². The topological polar surface area (TPSA) is 187 Å². The van der Waals surface area contributed by atoms with Gasteiger partial charge in [0.15, 0.2) is 11.6 Å². The Kier molecular flexibility index (Phi) is 9.05. The van der Waals surface area contributed by atoms with Crippen molar-refractivity contribution in [2.75, 3.05) is 42.3 Å². The number of piperazine rings is 1. The summed E-state index contributed by atoms with van der Waals surface area (Å²) in [4.78, 5) is 42.0. The lowest BCUT2D eigenvalue weighted by atomic mass is 9.84. The van der Waals surface area contributed by atoms with Crippen molar-refractivity contribution in [1.82, 2.24) is 28.7 Å². The fourth-order valence-electron chi connectivity index (χ4n) is 5.97. The number of rotatable bonds is 7. The standard InChI is InChI=1S/C32H33F2N9O6S/c1-32(2,3)27-17-40(10-11-42(27)31(45)46)30-36-14-20(15-37-30)43-18-38-25-6-4-21(12-22(25)29(43)44)49-28-23(13-35)26(7-5-24(28)34)39-50(47,48)41-9-8-19(33)16-41/h4-7,12,14-15,18-19,27,39H,8-11,16-17H2,1-3H3,(H,45,46)/t19-,27?/m1/s1. The Balaban J connectivity index is 1.26. The van der Waals surface area contributed by atoms with Crippen LogP contribution in [0.3, 0.4) is 0 Å². The lowest BCUT2D eigenvalue weighted by Gasteiger charge is -2.45. The van der Waals surface area contributed by atoms with Crippen LogP contribution in [0.25, 0.3) is 16.6 Å². The van der Waals surface area contributed by atoms with Gasteiger partial charge >= 0.3 is 16.3 Å². The molecule has 1 unspecified atom stereocenters. The predicted octanol–water partition coefficient (Wildman–Crippen LogP) is 3.89. The number of nitrogens with zero attached hydrogens (tertiary/aromatic N) is 8. The zero-order chi connectivity index (χ0) is 36.0. The molecule has 1 amide bonds. The molecule has 2 aliphatic heterocycles. The number of alkyl halides is 1. The first-order valence-electron chi connectivity index (χ1n) is 15.6. The van der Waals surface area contributed by atoms with Crippen molar-refractivity contribution in [2.24, 2.45) is 5.41 Å². The zero-order valence-electron chi connectivity index (χ0n) is 27.2. The van der Waals surface area contributed by atoms with E-state index in [1.165, 1.54) is 46.4 Å². The molecule has 0 radical (unpaired) electrons. The molecule has 4 heterocycles. The number of carboxylic acid groups (broad SMARTS) is 1. The highest BCUT2D eigenvalue weighted by Crippen LogP contribution is 2.35. The van der Waals surface area contributed by atoms with E-state index in [9.17, 15) is 32.8 Å². The number of halogens is 2. The zero-order valence-corrected chi connectivity index (χ0v) is 28.1. The lowest BCUT2D eigenvalue weighted by molar-refractivity contribution is 0.0745. The molecule has 262 valence electrons. The van der Waals surface area contributed by atoms with Crippen LogP contribution in [0, 0.1) is 22.6 Å². The van der Waals surface area contributed by atoms with Crippen molar-refractivity contribution >= 4 is 38.8 Å². The average molecular weight is 710 g/mol. The van der Waals surface area contributed by atoms with E-state index in [-0.39, 0.29) is 54.3 Å². The van der Waals surface area contributed by atoms with E-state index >= 15 is 4.39 Å². The van der Waals surface area contributed by atoms with Crippen LogP contribution in [0.15, 0.2) is 53.8 Å². The first kappa shape index (κ1) is 34.5. The van der Waals surface area contributed by atoms with Crippen LogP contribution in [0.2, 0.25) is 0 Å². The normalized spacial score (nSPS) is 18.6. The van der Waals surface area contributed by atoms with Gasteiger partial charge in [0.05, 0.1) is 40.7 Å². The van der Waals surface area contributed by atoms with Gasteiger partial charge in [-0.1, -0.05) is 20.8 Å². The maximum absolute atomic E-state index is 15.0. The van der Waals surface area contributed by atoms with Crippen LogP contribution in [-0.4, -0.2) is 93.3 Å². The van der Waals surface area contributed by atoms with E-state index in [4.69, 9.17) is 4.74 Å². The van der Waals surface area contributed by atoms with Crippen molar-refractivity contribution < 1.29 is 31.8 Å². The number of nitriles is 1. The Morgan fingerprint density at radius 1 is 1.10 bits per heavy atom. The SMILES string of the molecule is CC(C)(C)C1CN(c2ncc(-n3cnc4ccc(Oc5c(F)ccc(NS(=O)(=O)N6CC[C@@H](F)C6)c5C#N)cc4c3=O)cn2)CCN1C(=O)O. The molecular formula is C32H33F2N9O6S. The summed E-state index contributed by atoms with van der Waals surface area (Å²) in [6.45, 7) is 6.57. The molecule has 2 atom stereocenters. The summed E-state index contributed by atoms with van der Waals surface area (Å²) in [6.07, 6.45) is 1.93. The molecule has 2 saturated heterocycles. The highest BCUT2D eigenvalue weighted by atomic mass is 32.2. The highest BCUT2D eigenvalue weighted by molar-refractivity contribution is 7.90. The maximum atomic E-state index is 15.0. The minimum Gasteiger partial charge on any atom is -0.465 e.